The summed E-state index contributed by atoms with van der Waals surface area (Å²) in [4.78, 5) is 4.46. The van der Waals surface area contributed by atoms with Gasteiger partial charge in [-0.15, -0.1) is 0 Å². The number of nitrogens with zero attached hydrogens (tertiary/aromatic N) is 2. The number of aromatic nitrogens is 2. The molecule has 0 amide bonds. The Bertz CT molecular complexity index is 562. The predicted octanol–water partition coefficient (Wildman–Crippen LogP) is 1.45. The fourth-order valence-corrected chi connectivity index (χ4v) is 2.53. The van der Waals surface area contributed by atoms with Gasteiger partial charge in [-0.1, -0.05) is 18.2 Å². The number of rotatable bonds is 2. The number of nitrogens with two attached hydrogens (primary N) is 1. The molecule has 0 saturated heterocycles. The SMILES string of the molecule is NC1CCn2c(cnc2Cc2ccccc2O)C1. The molecule has 0 spiro atoms. The Hall–Kier alpha value is -1.81. The van der Waals surface area contributed by atoms with Crippen molar-refractivity contribution < 1.29 is 5.11 Å². The number of aromatic hydroxyl groups is 1. The number of benzene rings is 1. The molecule has 3 N–H and O–H groups in total. The second-order valence-electron chi connectivity index (χ2n) is 4.88. The highest BCUT2D eigenvalue weighted by Crippen LogP contribution is 2.22. The average Bonchev–Trinajstić information content (AvgIpc) is 2.74. The van der Waals surface area contributed by atoms with Crippen LogP contribution in [0.3, 0.4) is 0 Å². The van der Waals surface area contributed by atoms with Crippen LogP contribution in [0.2, 0.25) is 0 Å². The van der Waals surface area contributed by atoms with Gasteiger partial charge in [-0.3, -0.25) is 0 Å². The first-order valence-corrected chi connectivity index (χ1v) is 6.30. The highest BCUT2D eigenvalue weighted by molar-refractivity contribution is 5.34. The lowest BCUT2D eigenvalue weighted by Gasteiger charge is -2.21. The van der Waals surface area contributed by atoms with Crippen molar-refractivity contribution in [3.63, 3.8) is 0 Å². The highest BCUT2D eigenvalue weighted by atomic mass is 16.3. The Balaban J connectivity index is 1.88. The fraction of sp³-hybridized carbons (Fsp3) is 0.357. The third-order valence-electron chi connectivity index (χ3n) is 3.56. The van der Waals surface area contributed by atoms with Crippen LogP contribution in [0.25, 0.3) is 0 Å². The number of fused-ring (bicyclic) bond motifs is 1. The summed E-state index contributed by atoms with van der Waals surface area (Å²) in [6.07, 6.45) is 4.47. The molecule has 4 heteroatoms. The Morgan fingerprint density at radius 2 is 2.22 bits per heavy atom. The van der Waals surface area contributed by atoms with Crippen molar-refractivity contribution in [3.8, 4) is 5.75 Å². The normalized spacial score (nSPS) is 18.6. The summed E-state index contributed by atoms with van der Waals surface area (Å²) in [6, 6.07) is 7.67. The summed E-state index contributed by atoms with van der Waals surface area (Å²) in [7, 11) is 0. The van der Waals surface area contributed by atoms with Crippen molar-refractivity contribution in [3.05, 3.63) is 47.5 Å². The van der Waals surface area contributed by atoms with Gasteiger partial charge in [0.2, 0.25) is 0 Å². The van der Waals surface area contributed by atoms with Crippen LogP contribution in [0.4, 0.5) is 0 Å². The maximum atomic E-state index is 9.80. The molecule has 0 fully saturated rings. The van der Waals surface area contributed by atoms with E-state index in [1.54, 1.807) is 6.07 Å². The summed E-state index contributed by atoms with van der Waals surface area (Å²) in [6.45, 7) is 0.930. The average molecular weight is 243 g/mol. The van der Waals surface area contributed by atoms with E-state index >= 15 is 0 Å². The van der Waals surface area contributed by atoms with Crippen LogP contribution in [0.1, 0.15) is 23.5 Å². The highest BCUT2D eigenvalue weighted by Gasteiger charge is 2.19. The van der Waals surface area contributed by atoms with Crippen LogP contribution in [0.5, 0.6) is 5.75 Å². The first-order valence-electron chi connectivity index (χ1n) is 6.30. The third kappa shape index (κ3) is 1.99. The third-order valence-corrected chi connectivity index (χ3v) is 3.56. The number of para-hydroxylation sites is 1. The predicted molar refractivity (Wildman–Crippen MR) is 69.4 cm³/mol. The van der Waals surface area contributed by atoms with Crippen LogP contribution in [-0.4, -0.2) is 20.7 Å². The number of hydrogen-bond donors (Lipinski definition) is 2. The van der Waals surface area contributed by atoms with E-state index < -0.39 is 0 Å². The van der Waals surface area contributed by atoms with E-state index in [0.29, 0.717) is 12.2 Å². The minimum absolute atomic E-state index is 0.257. The summed E-state index contributed by atoms with van der Waals surface area (Å²) < 4.78 is 2.23. The van der Waals surface area contributed by atoms with Crippen molar-refractivity contribution >= 4 is 0 Å². The molecule has 1 atom stereocenters. The van der Waals surface area contributed by atoms with E-state index in [9.17, 15) is 5.11 Å². The Morgan fingerprint density at radius 3 is 3.06 bits per heavy atom. The fourth-order valence-electron chi connectivity index (χ4n) is 2.53. The molecule has 2 heterocycles. The molecule has 1 unspecified atom stereocenters. The standard InChI is InChI=1S/C14H17N3O/c15-11-5-6-17-12(8-11)9-16-14(17)7-10-3-1-2-4-13(10)18/h1-4,9,11,18H,5-8,15H2. The molecular formula is C14H17N3O. The largest absolute Gasteiger partial charge is 0.508 e. The molecule has 3 rings (SSSR count). The molecule has 1 aromatic carbocycles. The van der Waals surface area contributed by atoms with Crippen LogP contribution < -0.4 is 5.73 Å². The second-order valence-corrected chi connectivity index (χ2v) is 4.88. The van der Waals surface area contributed by atoms with Gasteiger partial charge >= 0.3 is 0 Å². The van der Waals surface area contributed by atoms with Crippen molar-refractivity contribution in [2.24, 2.45) is 5.73 Å². The van der Waals surface area contributed by atoms with E-state index in [-0.39, 0.29) is 6.04 Å². The van der Waals surface area contributed by atoms with Gasteiger partial charge < -0.3 is 15.4 Å². The van der Waals surface area contributed by atoms with Crippen LogP contribution >= 0.6 is 0 Å². The Kier molecular flexibility index (Phi) is 2.80. The second kappa shape index (κ2) is 4.46. The van der Waals surface area contributed by atoms with Gasteiger partial charge in [0.25, 0.3) is 0 Å². The Morgan fingerprint density at radius 1 is 1.39 bits per heavy atom. The molecule has 94 valence electrons. The lowest BCUT2D eigenvalue weighted by atomic mass is 10.1. The zero-order chi connectivity index (χ0) is 12.5. The van der Waals surface area contributed by atoms with Gasteiger partial charge in [0, 0.05) is 42.9 Å². The van der Waals surface area contributed by atoms with E-state index in [0.717, 1.165) is 30.8 Å². The maximum Gasteiger partial charge on any atom is 0.119 e. The Labute approximate surface area is 106 Å². The van der Waals surface area contributed by atoms with E-state index in [4.69, 9.17) is 5.73 Å². The van der Waals surface area contributed by atoms with Gasteiger partial charge in [0.15, 0.2) is 0 Å². The molecule has 18 heavy (non-hydrogen) atoms. The van der Waals surface area contributed by atoms with Crippen molar-refractivity contribution in [1.82, 2.24) is 9.55 Å². The first-order chi connectivity index (χ1) is 8.74. The molecule has 2 aromatic rings. The van der Waals surface area contributed by atoms with Crippen LogP contribution in [0.15, 0.2) is 30.5 Å². The maximum absolute atomic E-state index is 9.80. The molecule has 1 aromatic heterocycles. The minimum Gasteiger partial charge on any atom is -0.508 e. The number of hydrogen-bond acceptors (Lipinski definition) is 3. The van der Waals surface area contributed by atoms with Crippen molar-refractivity contribution in [1.29, 1.82) is 0 Å². The number of imidazole rings is 1. The lowest BCUT2D eigenvalue weighted by molar-refractivity contribution is 0.456. The molecule has 4 nitrogen and oxygen atoms in total. The van der Waals surface area contributed by atoms with Gasteiger partial charge in [-0.25, -0.2) is 4.98 Å². The van der Waals surface area contributed by atoms with Gasteiger partial charge in [-0.05, 0) is 12.5 Å². The molecular weight excluding hydrogens is 226 g/mol. The molecule has 0 saturated carbocycles. The summed E-state index contributed by atoms with van der Waals surface area (Å²) in [5, 5.41) is 9.80. The molecule has 1 aliphatic rings. The van der Waals surface area contributed by atoms with Gasteiger partial charge in [0.05, 0.1) is 0 Å². The smallest absolute Gasteiger partial charge is 0.119 e. The number of phenolic OH excluding ortho intramolecular Hbond substituents is 1. The van der Waals surface area contributed by atoms with E-state index in [1.807, 2.05) is 24.4 Å². The molecule has 0 radical (unpaired) electrons. The van der Waals surface area contributed by atoms with Crippen LogP contribution in [-0.2, 0) is 19.4 Å². The number of phenols is 1. The van der Waals surface area contributed by atoms with Gasteiger partial charge in [-0.2, -0.15) is 0 Å². The first kappa shape index (κ1) is 11.3. The molecule has 1 aliphatic heterocycles. The van der Waals surface area contributed by atoms with E-state index in [2.05, 4.69) is 9.55 Å². The summed E-state index contributed by atoms with van der Waals surface area (Å²) in [5.74, 6) is 1.35. The molecule has 0 aliphatic carbocycles. The zero-order valence-corrected chi connectivity index (χ0v) is 10.2. The van der Waals surface area contributed by atoms with Crippen molar-refractivity contribution in [2.75, 3.05) is 0 Å². The minimum atomic E-state index is 0.257. The van der Waals surface area contributed by atoms with Crippen LogP contribution in [0, 0.1) is 0 Å². The quantitative estimate of drug-likeness (QED) is 0.839. The zero-order valence-electron chi connectivity index (χ0n) is 10.2. The lowest BCUT2D eigenvalue weighted by Crippen LogP contribution is -2.31. The van der Waals surface area contributed by atoms with E-state index in [1.165, 1.54) is 5.69 Å². The monoisotopic (exact) mass is 243 g/mol. The van der Waals surface area contributed by atoms with Gasteiger partial charge in [0.1, 0.15) is 11.6 Å². The summed E-state index contributed by atoms with van der Waals surface area (Å²) >= 11 is 0. The van der Waals surface area contributed by atoms with Crippen molar-refractivity contribution in [2.45, 2.75) is 31.8 Å². The topological polar surface area (TPSA) is 64.1 Å². The summed E-state index contributed by atoms with van der Waals surface area (Å²) in [5.41, 5.74) is 8.08. The molecule has 0 bridgehead atoms.